The predicted molar refractivity (Wildman–Crippen MR) is 117 cm³/mol. The van der Waals surface area contributed by atoms with Gasteiger partial charge in [0.15, 0.2) is 5.78 Å². The van der Waals surface area contributed by atoms with Gasteiger partial charge in [-0.1, -0.05) is 39.0 Å². The van der Waals surface area contributed by atoms with Crippen LogP contribution in [0.3, 0.4) is 0 Å². The van der Waals surface area contributed by atoms with Crippen LogP contribution in [0.5, 0.6) is 0 Å². The molecule has 0 heterocycles. The van der Waals surface area contributed by atoms with Gasteiger partial charge >= 0.3 is 0 Å². The van der Waals surface area contributed by atoms with Gasteiger partial charge in [-0.15, -0.1) is 0 Å². The molecule has 0 radical (unpaired) electrons. The molecule has 29 heavy (non-hydrogen) atoms. The van der Waals surface area contributed by atoms with Gasteiger partial charge in [0.25, 0.3) is 0 Å². The lowest BCUT2D eigenvalue weighted by Crippen LogP contribution is -2.32. The van der Waals surface area contributed by atoms with Crippen LogP contribution in [0.2, 0.25) is 0 Å². The molecule has 0 spiro atoms. The maximum Gasteiger partial charge on any atom is 0.168 e. The molecule has 1 N–H and O–H groups in total. The van der Waals surface area contributed by atoms with Crippen molar-refractivity contribution in [3.63, 3.8) is 0 Å². The molecule has 1 fully saturated rings. The van der Waals surface area contributed by atoms with Crippen molar-refractivity contribution in [3.05, 3.63) is 65.9 Å². The SMILES string of the molecule is CCC/C(O)=C1/C(=O)CC(C)(C)CC1=Nc1ccc(N=Nc2ccccc2)cc1. The van der Waals surface area contributed by atoms with Crippen molar-refractivity contribution in [2.75, 3.05) is 0 Å². The molecular weight excluding hydrogens is 362 g/mol. The van der Waals surface area contributed by atoms with Crippen molar-refractivity contribution in [1.29, 1.82) is 0 Å². The fourth-order valence-electron chi connectivity index (χ4n) is 3.43. The van der Waals surface area contributed by atoms with Gasteiger partial charge in [0.05, 0.1) is 28.3 Å². The van der Waals surface area contributed by atoms with Gasteiger partial charge in [-0.25, -0.2) is 0 Å². The van der Waals surface area contributed by atoms with Crippen LogP contribution in [0.15, 0.2) is 81.2 Å². The van der Waals surface area contributed by atoms with Crippen molar-refractivity contribution in [3.8, 4) is 0 Å². The number of rotatable bonds is 5. The molecular formula is C24H27N3O2. The number of carbonyl (C=O) groups excluding carboxylic acids is 1. The number of benzene rings is 2. The minimum absolute atomic E-state index is 0.0285. The van der Waals surface area contributed by atoms with E-state index in [1.165, 1.54) is 0 Å². The summed E-state index contributed by atoms with van der Waals surface area (Å²) < 4.78 is 0. The summed E-state index contributed by atoms with van der Waals surface area (Å²) in [4.78, 5) is 17.4. The summed E-state index contributed by atoms with van der Waals surface area (Å²) in [6.45, 7) is 6.09. The van der Waals surface area contributed by atoms with E-state index < -0.39 is 0 Å². The van der Waals surface area contributed by atoms with E-state index in [1.54, 1.807) is 0 Å². The second-order valence-corrected chi connectivity index (χ2v) is 8.12. The van der Waals surface area contributed by atoms with Crippen LogP contribution in [-0.4, -0.2) is 16.6 Å². The molecule has 0 saturated heterocycles. The summed E-state index contributed by atoms with van der Waals surface area (Å²) in [5.74, 6) is 0.124. The third-order valence-electron chi connectivity index (χ3n) is 4.78. The molecule has 2 aromatic carbocycles. The number of hydrogen-bond acceptors (Lipinski definition) is 5. The second kappa shape index (κ2) is 8.95. The lowest BCUT2D eigenvalue weighted by atomic mass is 9.73. The normalized spacial score (nSPS) is 19.7. The van der Waals surface area contributed by atoms with E-state index in [1.807, 2.05) is 61.5 Å². The maximum atomic E-state index is 12.7. The summed E-state index contributed by atoms with van der Waals surface area (Å²) in [6, 6.07) is 16.9. The zero-order valence-corrected chi connectivity index (χ0v) is 17.2. The summed E-state index contributed by atoms with van der Waals surface area (Å²) in [7, 11) is 0. The lowest BCUT2D eigenvalue weighted by molar-refractivity contribution is -0.117. The van der Waals surface area contributed by atoms with E-state index in [0.717, 1.165) is 23.5 Å². The van der Waals surface area contributed by atoms with Gasteiger partial charge in [0, 0.05) is 12.8 Å². The number of ketones is 1. The highest BCUT2D eigenvalue weighted by atomic mass is 16.3. The molecule has 1 aliphatic rings. The quantitative estimate of drug-likeness (QED) is 0.334. The van der Waals surface area contributed by atoms with Gasteiger partial charge in [0.2, 0.25) is 0 Å². The first kappa shape index (κ1) is 20.6. The number of aliphatic imine (C=N–C) groups is 1. The summed E-state index contributed by atoms with van der Waals surface area (Å²) in [5.41, 5.74) is 3.14. The first-order valence-electron chi connectivity index (χ1n) is 9.98. The zero-order valence-electron chi connectivity index (χ0n) is 17.2. The molecule has 0 aliphatic heterocycles. The molecule has 0 bridgehead atoms. The molecule has 2 aromatic rings. The molecule has 0 amide bonds. The average molecular weight is 389 g/mol. The Morgan fingerprint density at radius 3 is 2.14 bits per heavy atom. The third kappa shape index (κ3) is 5.47. The van der Waals surface area contributed by atoms with Gasteiger partial charge in [-0.3, -0.25) is 9.79 Å². The Hall–Kier alpha value is -3.08. The van der Waals surface area contributed by atoms with E-state index in [0.29, 0.717) is 30.5 Å². The van der Waals surface area contributed by atoms with Crippen molar-refractivity contribution >= 4 is 28.6 Å². The number of aliphatic hydroxyl groups excluding tert-OH is 1. The van der Waals surface area contributed by atoms with Crippen LogP contribution >= 0.6 is 0 Å². The molecule has 5 nitrogen and oxygen atoms in total. The van der Waals surface area contributed by atoms with E-state index in [-0.39, 0.29) is 17.0 Å². The highest BCUT2D eigenvalue weighted by Crippen LogP contribution is 2.37. The monoisotopic (exact) mass is 389 g/mol. The van der Waals surface area contributed by atoms with Gasteiger partial charge in [0.1, 0.15) is 5.76 Å². The van der Waals surface area contributed by atoms with Crippen LogP contribution in [0.1, 0.15) is 46.5 Å². The summed E-state index contributed by atoms with van der Waals surface area (Å²) >= 11 is 0. The Bertz CT molecular complexity index is 955. The number of nitrogens with zero attached hydrogens (tertiary/aromatic N) is 3. The largest absolute Gasteiger partial charge is 0.511 e. The van der Waals surface area contributed by atoms with Crippen LogP contribution in [0.25, 0.3) is 0 Å². The Kier molecular flexibility index (Phi) is 6.37. The Morgan fingerprint density at radius 2 is 1.52 bits per heavy atom. The van der Waals surface area contributed by atoms with Crippen molar-refractivity contribution in [2.24, 2.45) is 20.6 Å². The smallest absolute Gasteiger partial charge is 0.168 e. The number of azo groups is 1. The highest BCUT2D eigenvalue weighted by molar-refractivity contribution is 6.25. The molecule has 1 aliphatic carbocycles. The fourth-order valence-corrected chi connectivity index (χ4v) is 3.43. The topological polar surface area (TPSA) is 74.4 Å². The lowest BCUT2D eigenvalue weighted by Gasteiger charge is -2.31. The molecule has 0 atom stereocenters. The molecule has 3 rings (SSSR count). The number of aliphatic hydroxyl groups is 1. The number of allylic oxidation sites excluding steroid dienone is 2. The van der Waals surface area contributed by atoms with E-state index >= 15 is 0 Å². The van der Waals surface area contributed by atoms with Gasteiger partial charge < -0.3 is 5.11 Å². The molecule has 1 saturated carbocycles. The Morgan fingerprint density at radius 1 is 0.931 bits per heavy atom. The van der Waals surface area contributed by atoms with Crippen LogP contribution in [0, 0.1) is 5.41 Å². The van der Waals surface area contributed by atoms with Crippen LogP contribution in [-0.2, 0) is 4.79 Å². The number of hydrogen-bond donors (Lipinski definition) is 1. The maximum absolute atomic E-state index is 12.7. The first-order valence-corrected chi connectivity index (χ1v) is 9.98. The van der Waals surface area contributed by atoms with Crippen LogP contribution in [0.4, 0.5) is 17.1 Å². The third-order valence-corrected chi connectivity index (χ3v) is 4.78. The molecule has 150 valence electrons. The van der Waals surface area contributed by atoms with Gasteiger partial charge in [-0.05, 0) is 54.7 Å². The minimum atomic E-state index is -0.171. The highest BCUT2D eigenvalue weighted by Gasteiger charge is 2.36. The molecule has 0 aromatic heterocycles. The van der Waals surface area contributed by atoms with E-state index in [4.69, 9.17) is 4.99 Å². The summed E-state index contributed by atoms with van der Waals surface area (Å²) in [6.07, 6.45) is 2.34. The predicted octanol–water partition coefficient (Wildman–Crippen LogP) is 7.18. The van der Waals surface area contributed by atoms with E-state index in [9.17, 15) is 9.90 Å². The van der Waals surface area contributed by atoms with E-state index in [2.05, 4.69) is 24.1 Å². The van der Waals surface area contributed by atoms with Gasteiger partial charge in [-0.2, -0.15) is 10.2 Å². The Balaban J connectivity index is 1.87. The van der Waals surface area contributed by atoms with Crippen molar-refractivity contribution in [2.45, 2.75) is 46.5 Å². The average Bonchev–Trinajstić information content (AvgIpc) is 2.67. The zero-order chi connectivity index (χ0) is 20.9. The second-order valence-electron chi connectivity index (χ2n) is 8.12. The summed E-state index contributed by atoms with van der Waals surface area (Å²) in [5, 5.41) is 18.9. The van der Waals surface area contributed by atoms with Crippen LogP contribution < -0.4 is 0 Å². The van der Waals surface area contributed by atoms with Crippen molar-refractivity contribution in [1.82, 2.24) is 0 Å². The minimum Gasteiger partial charge on any atom is -0.511 e. The standard InChI is InChI=1S/C24H27N3O2/c1-4-8-21(28)23-20(15-24(2,3)16-22(23)29)25-17-11-13-19(14-12-17)27-26-18-9-6-5-7-10-18/h5-7,9-14,28H,4,8,15-16H2,1-3H3/b23-21-,25-20?,27-26?. The number of carbonyl (C=O) groups is 1. The first-order chi connectivity index (χ1) is 13.9. The Labute approximate surface area is 171 Å². The van der Waals surface area contributed by atoms with Crippen molar-refractivity contribution < 1.29 is 9.90 Å². The fraction of sp³-hybridized carbons (Fsp3) is 0.333. The molecule has 0 unspecified atom stereocenters. The number of Topliss-reactive ketones (excluding diaryl/α,β-unsaturated/α-hetero) is 1. The molecule has 5 heteroatoms.